The summed E-state index contributed by atoms with van der Waals surface area (Å²) in [5, 5.41) is 0. The monoisotopic (exact) mass is 226 g/mol. The molecule has 0 aromatic heterocycles. The van der Waals surface area contributed by atoms with Crippen molar-refractivity contribution in [1.29, 1.82) is 0 Å². The summed E-state index contributed by atoms with van der Waals surface area (Å²) in [5.41, 5.74) is 0. The van der Waals surface area contributed by atoms with Gasteiger partial charge in [-0.2, -0.15) is 0 Å². The molecule has 0 aromatic rings. The van der Waals surface area contributed by atoms with E-state index in [0.29, 0.717) is 0 Å². The smallest absolute Gasteiger partial charge is 0.310 e. The number of carbonyl (C=O) groups is 2. The van der Waals surface area contributed by atoms with E-state index in [1.165, 1.54) is 14.2 Å². The minimum absolute atomic E-state index is 0.00782. The third kappa shape index (κ3) is 2.10. The van der Waals surface area contributed by atoms with Gasteiger partial charge in [-0.3, -0.25) is 9.59 Å². The molecule has 0 amide bonds. The van der Waals surface area contributed by atoms with E-state index in [2.05, 4.69) is 6.58 Å². The van der Waals surface area contributed by atoms with E-state index in [-0.39, 0.29) is 23.8 Å². The lowest BCUT2D eigenvalue weighted by Gasteiger charge is -2.20. The molecule has 0 spiro atoms. The molecule has 0 radical (unpaired) electrons. The van der Waals surface area contributed by atoms with Crippen LogP contribution in [0.5, 0.6) is 0 Å². The molecule has 4 heteroatoms. The molecule has 0 N–H and O–H groups in total. The van der Waals surface area contributed by atoms with Crippen LogP contribution < -0.4 is 0 Å². The minimum atomic E-state index is -0.454. The first kappa shape index (κ1) is 12.7. The van der Waals surface area contributed by atoms with Gasteiger partial charge in [0.1, 0.15) is 0 Å². The zero-order valence-corrected chi connectivity index (χ0v) is 9.93. The Bertz CT molecular complexity index is 297. The Morgan fingerprint density at radius 2 is 1.69 bits per heavy atom. The van der Waals surface area contributed by atoms with Gasteiger partial charge >= 0.3 is 11.9 Å². The van der Waals surface area contributed by atoms with E-state index in [9.17, 15) is 9.59 Å². The maximum atomic E-state index is 11.7. The number of esters is 2. The van der Waals surface area contributed by atoms with Crippen molar-refractivity contribution in [2.24, 2.45) is 23.7 Å². The highest BCUT2D eigenvalue weighted by molar-refractivity contribution is 5.83. The zero-order chi connectivity index (χ0) is 12.3. The average Bonchev–Trinajstić information content (AvgIpc) is 2.64. The highest BCUT2D eigenvalue weighted by Crippen LogP contribution is 2.43. The fraction of sp³-hybridized carbons (Fsp3) is 0.667. The molecule has 0 bridgehead atoms. The normalized spacial score (nSPS) is 33.2. The molecule has 4 atom stereocenters. The molecular weight excluding hydrogens is 208 g/mol. The Hall–Kier alpha value is -1.32. The van der Waals surface area contributed by atoms with Crippen LogP contribution in [0.4, 0.5) is 0 Å². The summed E-state index contributed by atoms with van der Waals surface area (Å²) in [6.45, 7) is 5.65. The average molecular weight is 226 g/mol. The lowest BCUT2D eigenvalue weighted by atomic mass is 9.87. The Labute approximate surface area is 95.6 Å². The van der Waals surface area contributed by atoms with Crippen molar-refractivity contribution in [1.82, 2.24) is 0 Å². The topological polar surface area (TPSA) is 52.6 Å². The summed E-state index contributed by atoms with van der Waals surface area (Å²) in [6.07, 6.45) is 2.49. The molecule has 1 aliphatic carbocycles. The zero-order valence-electron chi connectivity index (χ0n) is 9.93. The quantitative estimate of drug-likeness (QED) is 0.539. The molecule has 1 fully saturated rings. The second-order valence-corrected chi connectivity index (χ2v) is 4.21. The summed E-state index contributed by atoms with van der Waals surface area (Å²) in [6, 6.07) is 0. The fourth-order valence-corrected chi connectivity index (χ4v) is 2.56. The predicted molar refractivity (Wildman–Crippen MR) is 58.5 cm³/mol. The van der Waals surface area contributed by atoms with Crippen LogP contribution in [0.15, 0.2) is 12.7 Å². The molecule has 1 saturated carbocycles. The van der Waals surface area contributed by atoms with Crippen molar-refractivity contribution in [2.75, 3.05) is 14.2 Å². The van der Waals surface area contributed by atoms with Crippen LogP contribution in [0.25, 0.3) is 0 Å². The van der Waals surface area contributed by atoms with Crippen molar-refractivity contribution in [3.8, 4) is 0 Å². The van der Waals surface area contributed by atoms with Gasteiger partial charge in [0.2, 0.25) is 0 Å². The number of rotatable bonds is 3. The predicted octanol–water partition coefficient (Wildman–Crippen LogP) is 1.41. The molecule has 1 rings (SSSR count). The van der Waals surface area contributed by atoms with Gasteiger partial charge in [-0.1, -0.05) is 13.0 Å². The molecule has 0 aliphatic heterocycles. The second-order valence-electron chi connectivity index (χ2n) is 4.21. The van der Waals surface area contributed by atoms with Crippen LogP contribution in [0.1, 0.15) is 13.3 Å². The van der Waals surface area contributed by atoms with Crippen LogP contribution >= 0.6 is 0 Å². The number of methoxy groups -OCH3 is 2. The van der Waals surface area contributed by atoms with Gasteiger partial charge in [-0.25, -0.2) is 0 Å². The molecule has 4 unspecified atom stereocenters. The van der Waals surface area contributed by atoms with Gasteiger partial charge in [0.15, 0.2) is 0 Å². The van der Waals surface area contributed by atoms with Gasteiger partial charge < -0.3 is 9.47 Å². The van der Waals surface area contributed by atoms with Gasteiger partial charge in [0.25, 0.3) is 0 Å². The Kier molecular flexibility index (Phi) is 4.10. The van der Waals surface area contributed by atoms with Crippen molar-refractivity contribution < 1.29 is 19.1 Å². The minimum Gasteiger partial charge on any atom is -0.469 e. The number of carbonyl (C=O) groups excluding carboxylic acids is 2. The maximum Gasteiger partial charge on any atom is 0.310 e. The van der Waals surface area contributed by atoms with E-state index in [1.807, 2.05) is 6.92 Å². The van der Waals surface area contributed by atoms with Crippen LogP contribution in [0.3, 0.4) is 0 Å². The summed E-state index contributed by atoms with van der Waals surface area (Å²) in [4.78, 5) is 23.3. The van der Waals surface area contributed by atoms with Gasteiger partial charge in [-0.05, 0) is 18.3 Å². The SMILES string of the molecule is C=CC1CC(C)C(C(=O)OC)C1C(=O)OC. The molecule has 1 aliphatic rings. The first-order chi connectivity index (χ1) is 7.56. The van der Waals surface area contributed by atoms with Crippen molar-refractivity contribution >= 4 is 11.9 Å². The third-order valence-electron chi connectivity index (χ3n) is 3.35. The van der Waals surface area contributed by atoms with Gasteiger partial charge in [0, 0.05) is 0 Å². The van der Waals surface area contributed by atoms with Crippen molar-refractivity contribution in [3.05, 3.63) is 12.7 Å². The van der Waals surface area contributed by atoms with Crippen LogP contribution in [-0.2, 0) is 19.1 Å². The molecule has 0 aromatic carbocycles. The summed E-state index contributed by atoms with van der Waals surface area (Å²) in [7, 11) is 2.67. The van der Waals surface area contributed by atoms with E-state index in [4.69, 9.17) is 9.47 Å². The summed E-state index contributed by atoms with van der Waals surface area (Å²) in [5.74, 6) is -1.46. The first-order valence-corrected chi connectivity index (χ1v) is 5.35. The summed E-state index contributed by atoms with van der Waals surface area (Å²) >= 11 is 0. The lowest BCUT2D eigenvalue weighted by Crippen LogP contribution is -2.32. The third-order valence-corrected chi connectivity index (χ3v) is 3.35. The largest absolute Gasteiger partial charge is 0.469 e. The first-order valence-electron chi connectivity index (χ1n) is 5.35. The van der Waals surface area contributed by atoms with Crippen molar-refractivity contribution in [3.63, 3.8) is 0 Å². The van der Waals surface area contributed by atoms with E-state index in [1.54, 1.807) is 6.08 Å². The van der Waals surface area contributed by atoms with Crippen LogP contribution in [-0.4, -0.2) is 26.2 Å². The number of hydrogen-bond donors (Lipinski definition) is 0. The molecule has 0 saturated heterocycles. The highest BCUT2D eigenvalue weighted by atomic mass is 16.5. The number of hydrogen-bond acceptors (Lipinski definition) is 4. The fourth-order valence-electron chi connectivity index (χ4n) is 2.56. The Morgan fingerprint density at radius 1 is 1.19 bits per heavy atom. The van der Waals surface area contributed by atoms with Crippen molar-refractivity contribution in [2.45, 2.75) is 13.3 Å². The molecule has 0 heterocycles. The molecule has 16 heavy (non-hydrogen) atoms. The van der Waals surface area contributed by atoms with Crippen LogP contribution in [0, 0.1) is 23.7 Å². The molecule has 90 valence electrons. The standard InChI is InChI=1S/C12H18O4/c1-5-8-6-7(2)9(11(13)15-3)10(8)12(14)16-4/h5,7-10H,1,6H2,2-4H3. The number of ether oxygens (including phenoxy) is 2. The second kappa shape index (κ2) is 5.14. The van der Waals surface area contributed by atoms with E-state index in [0.717, 1.165) is 6.42 Å². The molecular formula is C12H18O4. The molecule has 4 nitrogen and oxygen atoms in total. The van der Waals surface area contributed by atoms with Gasteiger partial charge in [-0.15, -0.1) is 6.58 Å². The highest BCUT2D eigenvalue weighted by Gasteiger charge is 2.48. The summed E-state index contributed by atoms with van der Waals surface area (Å²) < 4.78 is 9.49. The Morgan fingerprint density at radius 3 is 2.12 bits per heavy atom. The number of allylic oxidation sites excluding steroid dienone is 1. The Balaban J connectivity index is 2.98. The van der Waals surface area contributed by atoms with E-state index >= 15 is 0 Å². The van der Waals surface area contributed by atoms with Crippen LogP contribution in [0.2, 0.25) is 0 Å². The van der Waals surface area contributed by atoms with Gasteiger partial charge in [0.05, 0.1) is 26.1 Å². The van der Waals surface area contributed by atoms with E-state index < -0.39 is 11.8 Å². The maximum absolute atomic E-state index is 11.7. The lowest BCUT2D eigenvalue weighted by molar-refractivity contribution is -0.158.